The molecule has 0 spiro atoms. The van der Waals surface area contributed by atoms with Crippen molar-refractivity contribution in [2.45, 2.75) is 68.4 Å². The Balaban J connectivity index is 1.38. The number of hydrogen-bond acceptors (Lipinski definition) is 7. The lowest BCUT2D eigenvalue weighted by atomic mass is 9.81. The summed E-state index contributed by atoms with van der Waals surface area (Å²) in [5, 5.41) is -0.521. The van der Waals surface area contributed by atoms with Crippen molar-refractivity contribution in [2.75, 3.05) is 33.0 Å². The van der Waals surface area contributed by atoms with Gasteiger partial charge in [-0.2, -0.15) is 0 Å². The molecule has 2 atom stereocenters. The minimum atomic E-state index is -3.50. The van der Waals surface area contributed by atoms with Crippen LogP contribution in [0.3, 0.4) is 0 Å². The molecule has 3 fully saturated rings. The normalized spacial score (nSPS) is 31.5. The molecule has 2 saturated heterocycles. The van der Waals surface area contributed by atoms with E-state index in [1.807, 2.05) is 6.07 Å². The van der Waals surface area contributed by atoms with Crippen molar-refractivity contribution in [3.63, 3.8) is 0 Å². The zero-order chi connectivity index (χ0) is 22.3. The summed E-state index contributed by atoms with van der Waals surface area (Å²) in [6.07, 6.45) is 6.19. The Morgan fingerprint density at radius 3 is 2.62 bits per heavy atom. The highest BCUT2D eigenvalue weighted by Gasteiger charge is 2.43. The van der Waals surface area contributed by atoms with E-state index in [2.05, 4.69) is 16.6 Å². The van der Waals surface area contributed by atoms with Gasteiger partial charge in [0.25, 0.3) is 5.91 Å². The van der Waals surface area contributed by atoms with Gasteiger partial charge in [0.2, 0.25) is 15.9 Å². The van der Waals surface area contributed by atoms with E-state index in [0.717, 1.165) is 36.8 Å². The zero-order valence-corrected chi connectivity index (χ0v) is 19.2. The van der Waals surface area contributed by atoms with E-state index in [0.29, 0.717) is 31.4 Å². The second-order valence-corrected chi connectivity index (χ2v) is 11.3. The number of nitrogens with one attached hydrogen (secondary N) is 1. The highest BCUT2D eigenvalue weighted by atomic mass is 32.2. The number of sulfonamides is 1. The maximum atomic E-state index is 13.1. The Labute approximate surface area is 188 Å². The first kappa shape index (κ1) is 22.1. The molecule has 1 N–H and O–H groups in total. The van der Waals surface area contributed by atoms with Crippen LogP contribution in [-0.2, 0) is 24.3 Å². The van der Waals surface area contributed by atoms with Crippen LogP contribution >= 0.6 is 0 Å². The van der Waals surface area contributed by atoms with Crippen LogP contribution < -0.4 is 9.46 Å². The Morgan fingerprint density at radius 1 is 1.12 bits per heavy atom. The van der Waals surface area contributed by atoms with E-state index in [4.69, 9.17) is 14.2 Å². The third-order valence-corrected chi connectivity index (χ3v) is 9.10. The molecule has 0 radical (unpaired) electrons. The Morgan fingerprint density at radius 2 is 1.91 bits per heavy atom. The van der Waals surface area contributed by atoms with Gasteiger partial charge in [-0.1, -0.05) is 0 Å². The van der Waals surface area contributed by atoms with Gasteiger partial charge in [0, 0.05) is 24.3 Å². The van der Waals surface area contributed by atoms with Crippen LogP contribution in [0, 0.1) is 6.92 Å². The Hall–Kier alpha value is -1.75. The molecule has 2 bridgehead atoms. The SMILES string of the molecule is Cc1ccnc2c1C1CCC(CC1)OCC1[C@@H](NS(=O)(=O)C3COC3)CCN1C(=O)CO2. The quantitative estimate of drug-likeness (QED) is 0.713. The number of hydrogen-bond donors (Lipinski definition) is 1. The molecule has 6 rings (SSSR count). The molecule has 4 aliphatic heterocycles. The minimum Gasteiger partial charge on any atom is -0.467 e. The molecule has 1 aromatic heterocycles. The molecule has 1 saturated carbocycles. The largest absolute Gasteiger partial charge is 0.467 e. The third kappa shape index (κ3) is 4.25. The second kappa shape index (κ2) is 8.89. The van der Waals surface area contributed by atoms with Crippen LogP contribution in [-0.4, -0.2) is 80.6 Å². The maximum Gasteiger partial charge on any atom is 0.260 e. The first-order valence-corrected chi connectivity index (χ1v) is 13.1. The molecule has 1 aromatic rings. The average Bonchev–Trinajstić information content (AvgIpc) is 3.11. The van der Waals surface area contributed by atoms with Crippen molar-refractivity contribution in [1.29, 1.82) is 0 Å². The molecule has 9 nitrogen and oxygen atoms in total. The molecule has 1 amide bonds. The predicted octanol–water partition coefficient (Wildman–Crippen LogP) is 1.11. The number of amides is 1. The van der Waals surface area contributed by atoms with Gasteiger partial charge in [0.15, 0.2) is 6.61 Å². The summed E-state index contributed by atoms with van der Waals surface area (Å²) in [6, 6.07) is 1.26. The van der Waals surface area contributed by atoms with E-state index in [-0.39, 0.29) is 43.9 Å². The van der Waals surface area contributed by atoms with Gasteiger partial charge < -0.3 is 19.1 Å². The van der Waals surface area contributed by atoms with Gasteiger partial charge in [0.05, 0.1) is 32.0 Å². The van der Waals surface area contributed by atoms with Gasteiger partial charge in [-0.05, 0) is 56.6 Å². The standard InChI is InChI=1S/C22H31N3O6S/c1-14-6-8-23-22-21(14)15-2-4-16(5-3-15)30-12-19-18(7-9-25(19)20(26)13-31-22)24-32(27,28)17-10-29-11-17/h6,8,15-19,24H,2-5,7,9-13H2,1H3/t15?,16?,18-,19?/m0/s1. The molecule has 32 heavy (non-hydrogen) atoms. The number of aryl methyl sites for hydroxylation is 1. The number of aromatic nitrogens is 1. The fourth-order valence-corrected chi connectivity index (χ4v) is 6.77. The highest BCUT2D eigenvalue weighted by Crippen LogP contribution is 2.39. The number of rotatable bonds is 3. The van der Waals surface area contributed by atoms with Crippen molar-refractivity contribution < 1.29 is 27.4 Å². The lowest BCUT2D eigenvalue weighted by Gasteiger charge is -2.33. The average molecular weight is 466 g/mol. The van der Waals surface area contributed by atoms with E-state index in [1.165, 1.54) is 0 Å². The van der Waals surface area contributed by atoms with E-state index < -0.39 is 15.3 Å². The first-order valence-electron chi connectivity index (χ1n) is 11.5. The summed E-state index contributed by atoms with van der Waals surface area (Å²) in [4.78, 5) is 19.3. The molecule has 1 unspecified atom stereocenters. The summed E-state index contributed by atoms with van der Waals surface area (Å²) < 4.78 is 45.4. The molecule has 0 aromatic carbocycles. The highest BCUT2D eigenvalue weighted by molar-refractivity contribution is 7.90. The number of fused-ring (bicyclic) bond motifs is 5. The summed E-state index contributed by atoms with van der Waals surface area (Å²) in [5.74, 6) is 0.714. The summed E-state index contributed by atoms with van der Waals surface area (Å²) >= 11 is 0. The molecular weight excluding hydrogens is 434 g/mol. The lowest BCUT2D eigenvalue weighted by Crippen LogP contribution is -2.54. The van der Waals surface area contributed by atoms with Crippen LogP contribution in [0.5, 0.6) is 5.88 Å². The number of nitrogens with zero attached hydrogens (tertiary/aromatic N) is 2. The maximum absolute atomic E-state index is 13.1. The number of ether oxygens (including phenoxy) is 3. The monoisotopic (exact) mass is 465 g/mol. The number of carbonyl (C=O) groups excluding carboxylic acids is 1. The van der Waals surface area contributed by atoms with Crippen molar-refractivity contribution in [3.05, 3.63) is 23.4 Å². The van der Waals surface area contributed by atoms with Crippen LogP contribution in [0.25, 0.3) is 0 Å². The van der Waals surface area contributed by atoms with E-state index >= 15 is 0 Å². The van der Waals surface area contributed by atoms with Crippen molar-refractivity contribution in [3.8, 4) is 5.88 Å². The molecule has 5 heterocycles. The zero-order valence-electron chi connectivity index (χ0n) is 18.4. The predicted molar refractivity (Wildman–Crippen MR) is 116 cm³/mol. The Bertz CT molecular complexity index is 958. The summed E-state index contributed by atoms with van der Waals surface area (Å²) in [5.41, 5.74) is 2.24. The minimum absolute atomic E-state index is 0.114. The van der Waals surface area contributed by atoms with Crippen molar-refractivity contribution in [1.82, 2.24) is 14.6 Å². The molecule has 1 aliphatic carbocycles. The molecule has 10 heteroatoms. The lowest BCUT2D eigenvalue weighted by molar-refractivity contribution is -0.136. The van der Waals surface area contributed by atoms with Gasteiger partial charge in [-0.15, -0.1) is 0 Å². The van der Waals surface area contributed by atoms with E-state index in [1.54, 1.807) is 11.1 Å². The number of carbonyl (C=O) groups is 1. The van der Waals surface area contributed by atoms with Crippen molar-refractivity contribution >= 4 is 15.9 Å². The fraction of sp³-hybridized carbons (Fsp3) is 0.727. The van der Waals surface area contributed by atoms with E-state index in [9.17, 15) is 13.2 Å². The second-order valence-electron chi connectivity index (χ2n) is 9.31. The van der Waals surface area contributed by atoms with Crippen LogP contribution in [0.1, 0.15) is 49.1 Å². The molecular formula is C22H31N3O6S. The van der Waals surface area contributed by atoms with Gasteiger partial charge in [-0.3, -0.25) is 4.79 Å². The van der Waals surface area contributed by atoms with Gasteiger partial charge in [-0.25, -0.2) is 18.1 Å². The van der Waals surface area contributed by atoms with Gasteiger partial charge >= 0.3 is 0 Å². The molecule has 5 aliphatic rings. The number of pyridine rings is 1. The third-order valence-electron chi connectivity index (χ3n) is 7.32. The van der Waals surface area contributed by atoms with Crippen LogP contribution in [0.15, 0.2) is 12.3 Å². The summed E-state index contributed by atoms with van der Waals surface area (Å²) in [6.45, 7) is 3.16. The van der Waals surface area contributed by atoms with Crippen LogP contribution in [0.2, 0.25) is 0 Å². The topological polar surface area (TPSA) is 107 Å². The van der Waals surface area contributed by atoms with Gasteiger partial charge in [0.1, 0.15) is 5.25 Å². The fourth-order valence-electron chi connectivity index (χ4n) is 5.33. The van der Waals surface area contributed by atoms with Crippen molar-refractivity contribution in [2.24, 2.45) is 0 Å². The summed E-state index contributed by atoms with van der Waals surface area (Å²) in [7, 11) is -3.50. The molecule has 176 valence electrons. The Kier molecular flexibility index (Phi) is 6.13. The first-order chi connectivity index (χ1) is 15.4. The van der Waals surface area contributed by atoms with Crippen LogP contribution in [0.4, 0.5) is 0 Å². The smallest absolute Gasteiger partial charge is 0.260 e.